The zero-order chi connectivity index (χ0) is 16.7. The third-order valence-electron chi connectivity index (χ3n) is 3.27. The zero-order valence-corrected chi connectivity index (χ0v) is 14.4. The van der Waals surface area contributed by atoms with Gasteiger partial charge in [-0.15, -0.1) is 0 Å². The van der Waals surface area contributed by atoms with Gasteiger partial charge < -0.3 is 20.1 Å². The van der Waals surface area contributed by atoms with Crippen LogP contribution in [-0.4, -0.2) is 35.7 Å². The van der Waals surface area contributed by atoms with Crippen LogP contribution in [0.25, 0.3) is 0 Å². The Kier molecular flexibility index (Phi) is 6.22. The summed E-state index contributed by atoms with van der Waals surface area (Å²) >= 11 is 5.32. The molecule has 0 aliphatic rings. The smallest absolute Gasteiger partial charge is 0.170 e. The lowest BCUT2D eigenvalue weighted by Gasteiger charge is -2.14. The van der Waals surface area contributed by atoms with Gasteiger partial charge in [0.05, 0.1) is 26.1 Å². The van der Waals surface area contributed by atoms with Gasteiger partial charge in [-0.05, 0) is 43.3 Å². The maximum atomic E-state index is 5.32. The number of hydrogen-bond acceptors (Lipinski definition) is 4. The summed E-state index contributed by atoms with van der Waals surface area (Å²) in [5.74, 6) is 1.45. The molecule has 0 amide bonds. The van der Waals surface area contributed by atoms with E-state index in [4.69, 9.17) is 21.7 Å². The van der Waals surface area contributed by atoms with Gasteiger partial charge in [-0.1, -0.05) is 0 Å². The fraction of sp³-hybridized carbons (Fsp3) is 0.375. The predicted molar refractivity (Wildman–Crippen MR) is 95.4 cm³/mol. The maximum Gasteiger partial charge on any atom is 0.170 e. The number of benzene rings is 1. The van der Waals surface area contributed by atoms with E-state index in [1.165, 1.54) is 5.56 Å². The molecule has 0 bridgehead atoms. The van der Waals surface area contributed by atoms with E-state index in [-0.39, 0.29) is 0 Å². The molecule has 6 nitrogen and oxygen atoms in total. The van der Waals surface area contributed by atoms with E-state index in [1.54, 1.807) is 14.2 Å². The minimum atomic E-state index is 0.549. The summed E-state index contributed by atoms with van der Waals surface area (Å²) in [7, 11) is 3.24. The number of aryl methyl sites for hydroxylation is 2. The second-order valence-corrected chi connectivity index (χ2v) is 5.49. The molecule has 0 saturated heterocycles. The number of anilines is 1. The monoisotopic (exact) mass is 334 g/mol. The van der Waals surface area contributed by atoms with Crippen LogP contribution in [0.1, 0.15) is 12.0 Å². The molecular formula is C16H22N4O2S. The topological polar surface area (TPSA) is 60.3 Å². The molecule has 2 N–H and O–H groups in total. The summed E-state index contributed by atoms with van der Waals surface area (Å²) in [4.78, 5) is 0. The van der Waals surface area contributed by atoms with Crippen molar-refractivity contribution in [2.24, 2.45) is 0 Å². The van der Waals surface area contributed by atoms with Crippen molar-refractivity contribution in [3.8, 4) is 11.5 Å². The van der Waals surface area contributed by atoms with Crippen LogP contribution in [0, 0.1) is 6.92 Å². The first kappa shape index (κ1) is 17.1. The van der Waals surface area contributed by atoms with E-state index in [9.17, 15) is 0 Å². The number of thiocarbonyl (C=S) groups is 1. The normalized spacial score (nSPS) is 10.2. The molecular weight excluding hydrogens is 312 g/mol. The van der Waals surface area contributed by atoms with Crippen LogP contribution in [0.5, 0.6) is 11.5 Å². The van der Waals surface area contributed by atoms with Crippen LogP contribution in [-0.2, 0) is 6.54 Å². The number of hydrogen-bond donors (Lipinski definition) is 2. The molecule has 1 aromatic carbocycles. The molecule has 0 aliphatic carbocycles. The average Bonchev–Trinajstić information content (AvgIpc) is 2.97. The molecule has 0 aliphatic heterocycles. The molecule has 0 radical (unpaired) electrons. The quantitative estimate of drug-likeness (QED) is 0.599. The van der Waals surface area contributed by atoms with Crippen LogP contribution in [0.3, 0.4) is 0 Å². The highest BCUT2D eigenvalue weighted by molar-refractivity contribution is 7.80. The lowest BCUT2D eigenvalue weighted by atomic mass is 10.2. The summed E-state index contributed by atoms with van der Waals surface area (Å²) in [6.45, 7) is 3.64. The van der Waals surface area contributed by atoms with Gasteiger partial charge in [0.15, 0.2) is 5.11 Å². The Balaban J connectivity index is 1.80. The van der Waals surface area contributed by atoms with Crippen molar-refractivity contribution in [3.63, 3.8) is 0 Å². The van der Waals surface area contributed by atoms with Crippen molar-refractivity contribution in [2.45, 2.75) is 19.9 Å². The van der Waals surface area contributed by atoms with Crippen LogP contribution < -0.4 is 20.1 Å². The molecule has 0 spiro atoms. The number of rotatable bonds is 7. The molecule has 1 heterocycles. The Labute approximate surface area is 141 Å². The lowest BCUT2D eigenvalue weighted by molar-refractivity contribution is 0.405. The molecule has 124 valence electrons. The van der Waals surface area contributed by atoms with Crippen molar-refractivity contribution in [3.05, 3.63) is 36.2 Å². The van der Waals surface area contributed by atoms with Gasteiger partial charge in [0, 0.05) is 25.4 Å². The van der Waals surface area contributed by atoms with Gasteiger partial charge in [-0.3, -0.25) is 4.68 Å². The Morgan fingerprint density at radius 1 is 1.30 bits per heavy atom. The predicted octanol–water partition coefficient (Wildman–Crippen LogP) is 2.59. The molecule has 2 rings (SSSR count). The Hall–Kier alpha value is -2.28. The van der Waals surface area contributed by atoms with Gasteiger partial charge in [0.25, 0.3) is 0 Å². The summed E-state index contributed by atoms with van der Waals surface area (Å²) < 4.78 is 12.5. The van der Waals surface area contributed by atoms with E-state index in [0.29, 0.717) is 10.9 Å². The van der Waals surface area contributed by atoms with Gasteiger partial charge in [-0.2, -0.15) is 5.10 Å². The second-order valence-electron chi connectivity index (χ2n) is 5.08. The van der Waals surface area contributed by atoms with E-state index in [1.807, 2.05) is 42.2 Å². The SMILES string of the molecule is COc1ccc(OC)c(NC(=S)NCCCn2cc(C)cn2)c1. The standard InChI is InChI=1S/C16H22N4O2S/c1-12-10-18-20(11-12)8-4-7-17-16(23)19-14-9-13(21-2)5-6-15(14)22-3/h5-6,9-11H,4,7-8H2,1-3H3,(H2,17,19,23). The largest absolute Gasteiger partial charge is 0.497 e. The molecule has 0 unspecified atom stereocenters. The van der Waals surface area contributed by atoms with Crippen LogP contribution in [0.2, 0.25) is 0 Å². The fourth-order valence-corrected chi connectivity index (χ4v) is 2.32. The maximum absolute atomic E-state index is 5.32. The van der Waals surface area contributed by atoms with E-state index < -0.39 is 0 Å². The van der Waals surface area contributed by atoms with Crippen molar-refractivity contribution >= 4 is 23.0 Å². The summed E-state index contributed by atoms with van der Waals surface area (Å²) in [6.07, 6.45) is 4.81. The third kappa shape index (κ3) is 5.14. The second kappa shape index (κ2) is 8.38. The molecule has 0 saturated carbocycles. The Morgan fingerprint density at radius 3 is 2.78 bits per heavy atom. The first-order chi connectivity index (χ1) is 11.1. The van der Waals surface area contributed by atoms with E-state index >= 15 is 0 Å². The Bertz CT molecular complexity index is 657. The molecule has 7 heteroatoms. The van der Waals surface area contributed by atoms with Crippen molar-refractivity contribution < 1.29 is 9.47 Å². The average molecular weight is 334 g/mol. The number of nitrogens with zero attached hydrogens (tertiary/aromatic N) is 2. The van der Waals surface area contributed by atoms with Crippen molar-refractivity contribution in [1.29, 1.82) is 0 Å². The number of nitrogens with one attached hydrogen (secondary N) is 2. The van der Waals surface area contributed by atoms with E-state index in [0.717, 1.165) is 30.9 Å². The highest BCUT2D eigenvalue weighted by Gasteiger charge is 2.06. The van der Waals surface area contributed by atoms with Gasteiger partial charge in [0.2, 0.25) is 0 Å². The molecule has 0 atom stereocenters. The number of ether oxygens (including phenoxy) is 2. The molecule has 23 heavy (non-hydrogen) atoms. The highest BCUT2D eigenvalue weighted by Crippen LogP contribution is 2.28. The lowest BCUT2D eigenvalue weighted by Crippen LogP contribution is -2.30. The first-order valence-corrected chi connectivity index (χ1v) is 7.79. The summed E-state index contributed by atoms with van der Waals surface area (Å²) in [5, 5.41) is 11.1. The van der Waals surface area contributed by atoms with Crippen molar-refractivity contribution in [2.75, 3.05) is 26.1 Å². The number of methoxy groups -OCH3 is 2. The minimum Gasteiger partial charge on any atom is -0.497 e. The summed E-state index contributed by atoms with van der Waals surface area (Å²) in [6, 6.07) is 5.52. The van der Waals surface area contributed by atoms with E-state index in [2.05, 4.69) is 15.7 Å². The zero-order valence-electron chi connectivity index (χ0n) is 13.6. The van der Waals surface area contributed by atoms with Crippen LogP contribution >= 0.6 is 12.2 Å². The Morgan fingerprint density at radius 2 is 2.13 bits per heavy atom. The van der Waals surface area contributed by atoms with Crippen LogP contribution in [0.4, 0.5) is 5.69 Å². The van der Waals surface area contributed by atoms with Gasteiger partial charge in [0.1, 0.15) is 11.5 Å². The first-order valence-electron chi connectivity index (χ1n) is 7.38. The molecule has 1 aromatic heterocycles. The van der Waals surface area contributed by atoms with Crippen molar-refractivity contribution in [1.82, 2.24) is 15.1 Å². The fourth-order valence-electron chi connectivity index (χ4n) is 2.11. The summed E-state index contributed by atoms with van der Waals surface area (Å²) in [5.41, 5.74) is 1.94. The van der Waals surface area contributed by atoms with Gasteiger partial charge in [-0.25, -0.2) is 0 Å². The molecule has 2 aromatic rings. The third-order valence-corrected chi connectivity index (χ3v) is 3.51. The minimum absolute atomic E-state index is 0.549. The highest BCUT2D eigenvalue weighted by atomic mass is 32.1. The van der Waals surface area contributed by atoms with Gasteiger partial charge >= 0.3 is 0 Å². The van der Waals surface area contributed by atoms with Crippen LogP contribution in [0.15, 0.2) is 30.6 Å². The number of aromatic nitrogens is 2. The molecule has 0 fully saturated rings.